The smallest absolute Gasteiger partial charge is 0.249 e. The van der Waals surface area contributed by atoms with Crippen LogP contribution in [-0.4, -0.2) is 19.0 Å². The van der Waals surface area contributed by atoms with Crippen molar-refractivity contribution in [2.75, 3.05) is 17.3 Å². The van der Waals surface area contributed by atoms with Crippen molar-refractivity contribution < 1.29 is 4.79 Å². The van der Waals surface area contributed by atoms with Crippen molar-refractivity contribution in [2.45, 2.75) is 33.2 Å². The maximum Gasteiger partial charge on any atom is 0.249 e. The monoisotopic (exact) mass is 218 g/mol. The molecular weight excluding hydrogens is 200 g/mol. The first-order valence-electron chi connectivity index (χ1n) is 5.70. The number of carbonyl (C=O) groups excluding carboxylic acids is 1. The van der Waals surface area contributed by atoms with Crippen LogP contribution in [0.15, 0.2) is 12.1 Å². The lowest BCUT2D eigenvalue weighted by atomic mass is 10.0. The summed E-state index contributed by atoms with van der Waals surface area (Å²) >= 11 is 0. The van der Waals surface area contributed by atoms with Crippen molar-refractivity contribution in [1.82, 2.24) is 0 Å². The van der Waals surface area contributed by atoms with Crippen molar-refractivity contribution in [2.24, 2.45) is 0 Å². The summed E-state index contributed by atoms with van der Waals surface area (Å²) in [6.07, 6.45) is 0.815. The third-order valence-corrected chi connectivity index (χ3v) is 3.43. The highest BCUT2D eigenvalue weighted by Gasteiger charge is 2.29. The highest BCUT2D eigenvalue weighted by Crippen LogP contribution is 2.35. The van der Waals surface area contributed by atoms with E-state index in [1.807, 2.05) is 20.0 Å². The molecule has 2 rings (SSSR count). The van der Waals surface area contributed by atoms with E-state index < -0.39 is 0 Å². The van der Waals surface area contributed by atoms with Gasteiger partial charge in [-0.05, 0) is 37.5 Å². The lowest BCUT2D eigenvalue weighted by Gasteiger charge is -2.34. The van der Waals surface area contributed by atoms with Gasteiger partial charge in [-0.2, -0.15) is 0 Å². The lowest BCUT2D eigenvalue weighted by molar-refractivity contribution is -0.119. The molecule has 3 nitrogen and oxygen atoms in total. The van der Waals surface area contributed by atoms with Crippen LogP contribution in [-0.2, 0) is 4.79 Å². The molecule has 1 unspecified atom stereocenters. The van der Waals surface area contributed by atoms with Crippen LogP contribution < -0.4 is 10.2 Å². The fourth-order valence-corrected chi connectivity index (χ4v) is 2.13. The number of anilines is 2. The van der Waals surface area contributed by atoms with E-state index in [0.717, 1.165) is 17.8 Å². The summed E-state index contributed by atoms with van der Waals surface area (Å²) in [6.45, 7) is 6.21. The SMILES string of the molecule is CCC1Nc2c(ccc(C)c2C)N(C)C1=O. The van der Waals surface area contributed by atoms with Crippen molar-refractivity contribution in [3.8, 4) is 0 Å². The molecule has 1 aliphatic rings. The molecule has 1 amide bonds. The van der Waals surface area contributed by atoms with Crippen LogP contribution in [0.3, 0.4) is 0 Å². The Morgan fingerprint density at radius 2 is 2.06 bits per heavy atom. The van der Waals surface area contributed by atoms with Crippen LogP contribution in [0.25, 0.3) is 0 Å². The molecule has 0 bridgehead atoms. The predicted octanol–water partition coefficient (Wildman–Crippen LogP) is 2.47. The van der Waals surface area contributed by atoms with Crippen molar-refractivity contribution in [3.63, 3.8) is 0 Å². The lowest BCUT2D eigenvalue weighted by Crippen LogP contribution is -2.45. The van der Waals surface area contributed by atoms with E-state index in [-0.39, 0.29) is 11.9 Å². The molecule has 1 heterocycles. The number of hydrogen-bond acceptors (Lipinski definition) is 2. The second kappa shape index (κ2) is 3.81. The molecular formula is C13H18N2O. The maximum atomic E-state index is 12.0. The summed E-state index contributed by atoms with van der Waals surface area (Å²) < 4.78 is 0. The highest BCUT2D eigenvalue weighted by molar-refractivity contribution is 6.05. The number of nitrogens with zero attached hydrogens (tertiary/aromatic N) is 1. The molecule has 0 aromatic heterocycles. The number of nitrogens with one attached hydrogen (secondary N) is 1. The van der Waals surface area contributed by atoms with Gasteiger partial charge in [-0.1, -0.05) is 13.0 Å². The Balaban J connectivity index is 2.54. The fraction of sp³-hybridized carbons (Fsp3) is 0.462. The molecule has 3 heteroatoms. The average molecular weight is 218 g/mol. The van der Waals surface area contributed by atoms with Gasteiger partial charge in [0.05, 0.1) is 11.4 Å². The minimum atomic E-state index is -0.0852. The van der Waals surface area contributed by atoms with Gasteiger partial charge in [0, 0.05) is 7.05 Å². The number of benzene rings is 1. The highest BCUT2D eigenvalue weighted by atomic mass is 16.2. The van der Waals surface area contributed by atoms with Crippen LogP contribution in [0.2, 0.25) is 0 Å². The Bertz CT molecular complexity index is 440. The van der Waals surface area contributed by atoms with Gasteiger partial charge in [-0.15, -0.1) is 0 Å². The van der Waals surface area contributed by atoms with Crippen LogP contribution in [0.1, 0.15) is 24.5 Å². The van der Waals surface area contributed by atoms with E-state index in [1.54, 1.807) is 4.90 Å². The van der Waals surface area contributed by atoms with Crippen LogP contribution in [0.5, 0.6) is 0 Å². The molecule has 0 aliphatic carbocycles. The van der Waals surface area contributed by atoms with Gasteiger partial charge in [0.1, 0.15) is 6.04 Å². The molecule has 0 fully saturated rings. The molecule has 1 aromatic rings. The molecule has 16 heavy (non-hydrogen) atoms. The summed E-state index contributed by atoms with van der Waals surface area (Å²) in [5.41, 5.74) is 4.57. The average Bonchev–Trinajstić information content (AvgIpc) is 2.28. The van der Waals surface area contributed by atoms with Crippen LogP contribution >= 0.6 is 0 Å². The first-order chi connectivity index (χ1) is 7.56. The first kappa shape index (κ1) is 11.0. The molecule has 0 spiro atoms. The summed E-state index contributed by atoms with van der Waals surface area (Å²) in [7, 11) is 1.85. The Hall–Kier alpha value is -1.51. The second-order valence-electron chi connectivity index (χ2n) is 4.40. The molecule has 1 N–H and O–H groups in total. The number of hydrogen-bond donors (Lipinski definition) is 1. The van der Waals surface area contributed by atoms with E-state index >= 15 is 0 Å². The summed E-state index contributed by atoms with van der Waals surface area (Å²) in [6, 6.07) is 3.98. The van der Waals surface area contributed by atoms with E-state index in [9.17, 15) is 4.79 Å². The van der Waals surface area contributed by atoms with Gasteiger partial charge >= 0.3 is 0 Å². The molecule has 1 atom stereocenters. The van der Waals surface area contributed by atoms with Gasteiger partial charge in [0.25, 0.3) is 0 Å². The molecule has 0 radical (unpaired) electrons. The molecule has 0 saturated carbocycles. The van der Waals surface area contributed by atoms with Gasteiger partial charge in [-0.25, -0.2) is 0 Å². The number of amides is 1. The molecule has 86 valence electrons. The van der Waals surface area contributed by atoms with E-state index in [1.165, 1.54) is 11.1 Å². The molecule has 0 saturated heterocycles. The van der Waals surface area contributed by atoms with Crippen molar-refractivity contribution in [3.05, 3.63) is 23.3 Å². The standard InChI is InChI=1S/C13H18N2O/c1-5-10-13(16)15(4)11-7-6-8(2)9(3)12(11)14-10/h6-7,10,14H,5H2,1-4H3. The normalized spacial score (nSPS) is 19.4. The van der Waals surface area contributed by atoms with Crippen LogP contribution in [0, 0.1) is 13.8 Å². The second-order valence-corrected chi connectivity index (χ2v) is 4.40. The zero-order chi connectivity index (χ0) is 11.9. The largest absolute Gasteiger partial charge is 0.372 e. The first-order valence-corrected chi connectivity index (χ1v) is 5.70. The Kier molecular flexibility index (Phi) is 2.62. The van der Waals surface area contributed by atoms with Crippen molar-refractivity contribution >= 4 is 17.3 Å². The van der Waals surface area contributed by atoms with Gasteiger partial charge in [-0.3, -0.25) is 4.79 Å². The van der Waals surface area contributed by atoms with Gasteiger partial charge in [0.15, 0.2) is 0 Å². The van der Waals surface area contributed by atoms with E-state index in [0.29, 0.717) is 0 Å². The summed E-state index contributed by atoms with van der Waals surface area (Å²) in [5.74, 6) is 0.151. The number of rotatable bonds is 1. The Morgan fingerprint density at radius 1 is 1.38 bits per heavy atom. The predicted molar refractivity (Wildman–Crippen MR) is 67.0 cm³/mol. The van der Waals surface area contributed by atoms with Gasteiger partial charge < -0.3 is 10.2 Å². The third kappa shape index (κ3) is 1.47. The zero-order valence-electron chi connectivity index (χ0n) is 10.3. The molecule has 1 aliphatic heterocycles. The van der Waals surface area contributed by atoms with E-state index in [2.05, 4.69) is 25.2 Å². The minimum absolute atomic E-state index is 0.0852. The van der Waals surface area contributed by atoms with Crippen molar-refractivity contribution in [1.29, 1.82) is 0 Å². The van der Waals surface area contributed by atoms with Crippen LogP contribution in [0.4, 0.5) is 11.4 Å². The third-order valence-electron chi connectivity index (χ3n) is 3.43. The fourth-order valence-electron chi connectivity index (χ4n) is 2.13. The maximum absolute atomic E-state index is 12.0. The Morgan fingerprint density at radius 3 is 2.69 bits per heavy atom. The number of fused-ring (bicyclic) bond motifs is 1. The number of aryl methyl sites for hydroxylation is 1. The quantitative estimate of drug-likeness (QED) is 0.785. The number of likely N-dealkylation sites (N-methyl/N-ethyl adjacent to an activating group) is 1. The summed E-state index contributed by atoms with van der Waals surface area (Å²) in [4.78, 5) is 13.7. The topological polar surface area (TPSA) is 32.3 Å². The Labute approximate surface area is 96.5 Å². The van der Waals surface area contributed by atoms with E-state index in [4.69, 9.17) is 0 Å². The zero-order valence-corrected chi connectivity index (χ0v) is 10.3. The van der Waals surface area contributed by atoms with Gasteiger partial charge in [0.2, 0.25) is 5.91 Å². The minimum Gasteiger partial charge on any atom is -0.372 e. The molecule has 1 aromatic carbocycles. The summed E-state index contributed by atoms with van der Waals surface area (Å²) in [5, 5.41) is 3.34. The number of carbonyl (C=O) groups is 1.